The Bertz CT molecular complexity index is 191. The summed E-state index contributed by atoms with van der Waals surface area (Å²) in [7, 11) is 0. The molecule has 0 atom stereocenters. The third-order valence-corrected chi connectivity index (χ3v) is 2.89. The lowest BCUT2D eigenvalue weighted by atomic mass is 9.67. The topological polar surface area (TPSA) is 61.4 Å². The number of nitrogens with one attached hydrogen (secondary N) is 2. The second-order valence-electron chi connectivity index (χ2n) is 3.83. The van der Waals surface area contributed by atoms with Gasteiger partial charge in [0, 0.05) is 25.2 Å². The Morgan fingerprint density at radius 2 is 2.17 bits per heavy atom. The van der Waals surface area contributed by atoms with Gasteiger partial charge in [0.1, 0.15) is 0 Å². The lowest BCUT2D eigenvalue weighted by molar-refractivity contribution is -0.148. The van der Waals surface area contributed by atoms with Crippen LogP contribution in [0.25, 0.3) is 0 Å². The number of rotatable bonds is 1. The molecule has 0 amide bonds. The second kappa shape index (κ2) is 2.71. The number of carbonyl (C=O) groups is 1. The van der Waals surface area contributed by atoms with Crippen LogP contribution in [0.3, 0.4) is 0 Å². The zero-order chi connectivity index (χ0) is 8.60. The lowest BCUT2D eigenvalue weighted by Crippen LogP contribution is -2.66. The van der Waals surface area contributed by atoms with Crippen LogP contribution in [-0.2, 0) is 4.79 Å². The normalized spacial score (nSPS) is 40.8. The Morgan fingerprint density at radius 1 is 1.42 bits per heavy atom. The van der Waals surface area contributed by atoms with E-state index in [0.717, 1.165) is 32.5 Å². The number of carboxylic acid groups (broad SMARTS) is 1. The van der Waals surface area contributed by atoms with Gasteiger partial charge >= 0.3 is 5.97 Å². The SMILES string of the molecule is O=C(O)C1CC2(CNCCN2)C1. The van der Waals surface area contributed by atoms with E-state index in [-0.39, 0.29) is 11.5 Å². The summed E-state index contributed by atoms with van der Waals surface area (Å²) < 4.78 is 0. The molecule has 3 N–H and O–H groups in total. The van der Waals surface area contributed by atoms with Crippen molar-refractivity contribution >= 4 is 5.97 Å². The molecule has 1 saturated carbocycles. The van der Waals surface area contributed by atoms with Gasteiger partial charge < -0.3 is 15.7 Å². The van der Waals surface area contributed by atoms with Gasteiger partial charge in [0.15, 0.2) is 0 Å². The average molecular weight is 170 g/mol. The van der Waals surface area contributed by atoms with Crippen LogP contribution in [0, 0.1) is 5.92 Å². The number of hydrogen-bond acceptors (Lipinski definition) is 3. The molecule has 1 aliphatic carbocycles. The fourth-order valence-electron chi connectivity index (χ4n) is 2.15. The molecule has 0 aromatic rings. The Hall–Kier alpha value is -0.610. The lowest BCUT2D eigenvalue weighted by Gasteiger charge is -2.49. The number of carboxylic acids is 1. The number of aliphatic carboxylic acids is 1. The van der Waals surface area contributed by atoms with Crippen molar-refractivity contribution in [2.75, 3.05) is 19.6 Å². The highest BCUT2D eigenvalue weighted by Gasteiger charge is 2.47. The van der Waals surface area contributed by atoms with Crippen molar-refractivity contribution in [2.24, 2.45) is 5.92 Å². The average Bonchev–Trinajstić information content (AvgIpc) is 2.01. The van der Waals surface area contributed by atoms with Crippen LogP contribution in [0.4, 0.5) is 0 Å². The maximum absolute atomic E-state index is 10.6. The summed E-state index contributed by atoms with van der Waals surface area (Å²) in [5.74, 6) is -0.759. The molecular formula is C8H14N2O2. The predicted octanol–water partition coefficient (Wildman–Crippen LogP) is -0.587. The van der Waals surface area contributed by atoms with Crippen molar-refractivity contribution in [3.8, 4) is 0 Å². The Morgan fingerprint density at radius 3 is 2.67 bits per heavy atom. The fourth-order valence-corrected chi connectivity index (χ4v) is 2.15. The van der Waals surface area contributed by atoms with Crippen molar-refractivity contribution in [2.45, 2.75) is 18.4 Å². The van der Waals surface area contributed by atoms with Crippen LogP contribution in [0.5, 0.6) is 0 Å². The molecule has 4 heteroatoms. The van der Waals surface area contributed by atoms with Gasteiger partial charge in [-0.2, -0.15) is 0 Å². The molecule has 0 aromatic heterocycles. The quantitative estimate of drug-likeness (QED) is 0.492. The second-order valence-corrected chi connectivity index (χ2v) is 3.83. The van der Waals surface area contributed by atoms with E-state index in [1.807, 2.05) is 0 Å². The van der Waals surface area contributed by atoms with E-state index in [1.165, 1.54) is 0 Å². The zero-order valence-corrected chi connectivity index (χ0v) is 6.97. The summed E-state index contributed by atoms with van der Waals surface area (Å²) >= 11 is 0. The molecule has 1 heterocycles. The summed E-state index contributed by atoms with van der Waals surface area (Å²) in [4.78, 5) is 10.6. The molecule has 1 spiro atoms. The Labute approximate surface area is 71.3 Å². The third-order valence-electron chi connectivity index (χ3n) is 2.89. The molecule has 1 aliphatic heterocycles. The highest BCUT2D eigenvalue weighted by atomic mass is 16.4. The van der Waals surface area contributed by atoms with Crippen molar-refractivity contribution in [1.29, 1.82) is 0 Å². The minimum Gasteiger partial charge on any atom is -0.481 e. The molecule has 2 rings (SSSR count). The van der Waals surface area contributed by atoms with E-state index in [2.05, 4.69) is 10.6 Å². The highest BCUT2D eigenvalue weighted by molar-refractivity contribution is 5.71. The van der Waals surface area contributed by atoms with Gasteiger partial charge in [-0.15, -0.1) is 0 Å². The molecular weight excluding hydrogens is 156 g/mol. The van der Waals surface area contributed by atoms with Crippen LogP contribution in [0.15, 0.2) is 0 Å². The highest BCUT2D eigenvalue weighted by Crippen LogP contribution is 2.38. The number of piperazine rings is 1. The van der Waals surface area contributed by atoms with Crippen LogP contribution < -0.4 is 10.6 Å². The molecule has 2 fully saturated rings. The first-order valence-corrected chi connectivity index (χ1v) is 4.40. The van der Waals surface area contributed by atoms with E-state index in [0.29, 0.717) is 0 Å². The summed E-state index contributed by atoms with van der Waals surface area (Å²) in [6.45, 7) is 2.89. The van der Waals surface area contributed by atoms with E-state index in [1.54, 1.807) is 0 Å². The maximum Gasteiger partial charge on any atom is 0.306 e. The molecule has 68 valence electrons. The summed E-state index contributed by atoms with van der Waals surface area (Å²) in [5.41, 5.74) is 0.112. The standard InChI is InChI=1S/C8H14N2O2/c11-7(12)6-3-8(4-6)5-9-1-2-10-8/h6,9-10H,1-5H2,(H,11,12). The molecule has 0 aromatic carbocycles. The van der Waals surface area contributed by atoms with E-state index < -0.39 is 5.97 Å². The van der Waals surface area contributed by atoms with Crippen molar-refractivity contribution in [3.63, 3.8) is 0 Å². The van der Waals surface area contributed by atoms with E-state index in [9.17, 15) is 4.79 Å². The summed E-state index contributed by atoms with van der Waals surface area (Å²) in [5, 5.41) is 15.4. The molecule has 4 nitrogen and oxygen atoms in total. The largest absolute Gasteiger partial charge is 0.481 e. The molecule has 12 heavy (non-hydrogen) atoms. The number of hydrogen-bond donors (Lipinski definition) is 3. The fraction of sp³-hybridized carbons (Fsp3) is 0.875. The molecule has 0 radical (unpaired) electrons. The minimum absolute atomic E-state index is 0.112. The van der Waals surface area contributed by atoms with Gasteiger partial charge in [-0.1, -0.05) is 0 Å². The molecule has 0 unspecified atom stereocenters. The Kier molecular flexibility index (Phi) is 1.81. The third kappa shape index (κ3) is 1.21. The molecule has 2 aliphatic rings. The van der Waals surface area contributed by atoms with Crippen LogP contribution in [0.2, 0.25) is 0 Å². The minimum atomic E-state index is -0.645. The van der Waals surface area contributed by atoms with Gasteiger partial charge in [-0.3, -0.25) is 4.79 Å². The van der Waals surface area contributed by atoms with E-state index >= 15 is 0 Å². The van der Waals surface area contributed by atoms with Crippen molar-refractivity contribution < 1.29 is 9.90 Å². The predicted molar refractivity (Wildman–Crippen MR) is 44.0 cm³/mol. The molecule has 0 bridgehead atoms. The van der Waals surface area contributed by atoms with Gasteiger partial charge in [-0.05, 0) is 12.8 Å². The van der Waals surface area contributed by atoms with Crippen LogP contribution in [0.1, 0.15) is 12.8 Å². The van der Waals surface area contributed by atoms with Gasteiger partial charge in [-0.25, -0.2) is 0 Å². The summed E-state index contributed by atoms with van der Waals surface area (Å²) in [6.07, 6.45) is 1.57. The summed E-state index contributed by atoms with van der Waals surface area (Å²) in [6, 6.07) is 0. The van der Waals surface area contributed by atoms with Crippen LogP contribution in [-0.4, -0.2) is 36.2 Å². The molecule has 1 saturated heterocycles. The van der Waals surface area contributed by atoms with Gasteiger partial charge in [0.2, 0.25) is 0 Å². The Balaban J connectivity index is 1.88. The van der Waals surface area contributed by atoms with Crippen molar-refractivity contribution in [1.82, 2.24) is 10.6 Å². The van der Waals surface area contributed by atoms with Crippen molar-refractivity contribution in [3.05, 3.63) is 0 Å². The zero-order valence-electron chi connectivity index (χ0n) is 6.97. The maximum atomic E-state index is 10.6. The monoisotopic (exact) mass is 170 g/mol. The first-order chi connectivity index (χ1) is 5.72. The first-order valence-electron chi connectivity index (χ1n) is 4.40. The smallest absolute Gasteiger partial charge is 0.306 e. The van der Waals surface area contributed by atoms with E-state index in [4.69, 9.17) is 5.11 Å². The van der Waals surface area contributed by atoms with Crippen LogP contribution >= 0.6 is 0 Å². The van der Waals surface area contributed by atoms with Gasteiger partial charge in [0.25, 0.3) is 0 Å². The first kappa shape index (κ1) is 8.01. The van der Waals surface area contributed by atoms with Gasteiger partial charge in [0.05, 0.1) is 5.92 Å².